The number of rotatable bonds is 2. The number of carbonyl (C=O) groups excluding carboxylic acids is 1. The average molecular weight is 137 g/mol. The van der Waals surface area contributed by atoms with E-state index in [4.69, 9.17) is 6.42 Å². The number of Topliss-reactive ketones (excluding diaryl/α,β-unsaturated/α-hetero) is 1. The molecule has 0 amide bonds. The van der Waals surface area contributed by atoms with Crippen molar-refractivity contribution < 1.29 is 4.79 Å². The third kappa shape index (κ3) is 1.58. The second-order valence-corrected chi connectivity index (χ2v) is 2.54. The van der Waals surface area contributed by atoms with Crippen molar-refractivity contribution in [3.8, 4) is 12.3 Å². The monoisotopic (exact) mass is 137 g/mol. The van der Waals surface area contributed by atoms with Crippen LogP contribution in [0.1, 0.15) is 12.8 Å². The lowest BCUT2D eigenvalue weighted by molar-refractivity contribution is -0.121. The first kappa shape index (κ1) is 7.30. The minimum Gasteiger partial charge on any atom is -0.316 e. The van der Waals surface area contributed by atoms with Gasteiger partial charge in [-0.05, 0) is 13.0 Å². The molecule has 10 heavy (non-hydrogen) atoms. The van der Waals surface area contributed by atoms with Gasteiger partial charge in [0.05, 0.1) is 6.42 Å². The van der Waals surface area contributed by atoms with Crippen LogP contribution in [0.4, 0.5) is 0 Å². The highest BCUT2D eigenvalue weighted by molar-refractivity contribution is 5.83. The largest absolute Gasteiger partial charge is 0.316 e. The van der Waals surface area contributed by atoms with Gasteiger partial charge in [0.15, 0.2) is 0 Å². The molecule has 0 aliphatic carbocycles. The summed E-state index contributed by atoms with van der Waals surface area (Å²) in [5.74, 6) is 2.77. The highest BCUT2D eigenvalue weighted by atomic mass is 16.1. The molecule has 1 saturated heterocycles. The van der Waals surface area contributed by atoms with E-state index in [1.165, 1.54) is 0 Å². The Morgan fingerprint density at radius 2 is 2.60 bits per heavy atom. The first-order valence-corrected chi connectivity index (χ1v) is 3.51. The molecule has 1 atom stereocenters. The van der Waals surface area contributed by atoms with Crippen LogP contribution in [0.15, 0.2) is 0 Å². The molecular weight excluding hydrogens is 126 g/mol. The summed E-state index contributed by atoms with van der Waals surface area (Å²) in [6.07, 6.45) is 6.26. The van der Waals surface area contributed by atoms with Gasteiger partial charge in [0.1, 0.15) is 5.78 Å². The van der Waals surface area contributed by atoms with Gasteiger partial charge in [0.25, 0.3) is 0 Å². The number of ketones is 1. The molecule has 1 aliphatic heterocycles. The third-order valence-corrected chi connectivity index (χ3v) is 1.79. The van der Waals surface area contributed by atoms with Crippen LogP contribution in [0, 0.1) is 18.3 Å². The maximum Gasteiger partial charge on any atom is 0.149 e. The minimum absolute atomic E-state index is 0.191. The molecule has 1 rings (SSSR count). The molecule has 0 radical (unpaired) electrons. The van der Waals surface area contributed by atoms with Crippen molar-refractivity contribution in [3.05, 3.63) is 0 Å². The topological polar surface area (TPSA) is 29.1 Å². The molecule has 0 unspecified atom stereocenters. The lowest BCUT2D eigenvalue weighted by atomic mass is 10.0. The molecule has 0 saturated carbocycles. The maximum absolute atomic E-state index is 11.1. The van der Waals surface area contributed by atoms with Crippen LogP contribution >= 0.6 is 0 Å². The highest BCUT2D eigenvalue weighted by Crippen LogP contribution is 2.09. The summed E-state index contributed by atoms with van der Waals surface area (Å²) in [5.41, 5.74) is 0. The average Bonchev–Trinajstić information content (AvgIpc) is 2.38. The Kier molecular flexibility index (Phi) is 2.47. The van der Waals surface area contributed by atoms with Gasteiger partial charge in [0.2, 0.25) is 0 Å². The van der Waals surface area contributed by atoms with Crippen molar-refractivity contribution in [2.45, 2.75) is 12.8 Å². The Balaban J connectivity index is 2.34. The Morgan fingerprint density at radius 3 is 3.10 bits per heavy atom. The van der Waals surface area contributed by atoms with E-state index in [-0.39, 0.29) is 11.7 Å². The molecule has 2 nitrogen and oxygen atoms in total. The Labute approximate surface area is 61.0 Å². The Hall–Kier alpha value is -0.810. The van der Waals surface area contributed by atoms with Crippen molar-refractivity contribution in [2.24, 2.45) is 5.92 Å². The molecular formula is C8H11NO. The number of nitrogens with one attached hydrogen (secondary N) is 1. The van der Waals surface area contributed by atoms with E-state index in [1.807, 2.05) is 0 Å². The fraction of sp³-hybridized carbons (Fsp3) is 0.625. The van der Waals surface area contributed by atoms with Crippen molar-refractivity contribution in [2.75, 3.05) is 13.1 Å². The van der Waals surface area contributed by atoms with Crippen LogP contribution in [0.25, 0.3) is 0 Å². The SMILES string of the molecule is C#CCC(=O)[C@H]1CCNC1. The van der Waals surface area contributed by atoms with Gasteiger partial charge in [-0.25, -0.2) is 0 Å². The first-order chi connectivity index (χ1) is 4.84. The van der Waals surface area contributed by atoms with Crippen LogP contribution in [0.2, 0.25) is 0 Å². The molecule has 0 aromatic heterocycles. The van der Waals surface area contributed by atoms with E-state index in [1.54, 1.807) is 0 Å². The predicted octanol–water partition coefficient (Wildman–Crippen LogP) is 0.188. The fourth-order valence-corrected chi connectivity index (χ4v) is 1.17. The summed E-state index contributed by atoms with van der Waals surface area (Å²) in [4.78, 5) is 11.1. The van der Waals surface area contributed by atoms with E-state index in [9.17, 15) is 4.79 Å². The van der Waals surface area contributed by atoms with Crippen LogP contribution in [-0.2, 0) is 4.79 Å². The summed E-state index contributed by atoms with van der Waals surface area (Å²) in [5, 5.41) is 3.12. The summed E-state index contributed by atoms with van der Waals surface area (Å²) in [6.45, 7) is 1.78. The Bertz CT molecular complexity index is 163. The predicted molar refractivity (Wildman–Crippen MR) is 39.4 cm³/mol. The maximum atomic E-state index is 11.1. The number of hydrogen-bond acceptors (Lipinski definition) is 2. The molecule has 54 valence electrons. The standard InChI is InChI=1S/C8H11NO/c1-2-3-8(10)7-4-5-9-6-7/h1,7,9H,3-6H2/t7-/m0/s1. The zero-order valence-corrected chi connectivity index (χ0v) is 5.89. The van der Waals surface area contributed by atoms with E-state index in [0.29, 0.717) is 6.42 Å². The second kappa shape index (κ2) is 3.38. The summed E-state index contributed by atoms with van der Waals surface area (Å²) >= 11 is 0. The van der Waals surface area contributed by atoms with Crippen molar-refractivity contribution in [1.29, 1.82) is 0 Å². The van der Waals surface area contributed by atoms with Gasteiger partial charge >= 0.3 is 0 Å². The van der Waals surface area contributed by atoms with Gasteiger partial charge in [-0.1, -0.05) is 5.92 Å². The number of carbonyl (C=O) groups is 1. The van der Waals surface area contributed by atoms with Crippen LogP contribution in [0.5, 0.6) is 0 Å². The van der Waals surface area contributed by atoms with Gasteiger partial charge < -0.3 is 5.32 Å². The lowest BCUT2D eigenvalue weighted by Gasteiger charge is -2.01. The zero-order valence-electron chi connectivity index (χ0n) is 5.89. The normalized spacial score (nSPS) is 24.1. The van der Waals surface area contributed by atoms with Gasteiger partial charge in [0, 0.05) is 12.5 Å². The molecule has 1 aliphatic rings. The summed E-state index contributed by atoms with van der Waals surface area (Å²) in [7, 11) is 0. The minimum atomic E-state index is 0.191. The van der Waals surface area contributed by atoms with Crippen LogP contribution in [-0.4, -0.2) is 18.9 Å². The molecule has 1 fully saturated rings. The van der Waals surface area contributed by atoms with Gasteiger partial charge in [-0.2, -0.15) is 0 Å². The quantitative estimate of drug-likeness (QED) is 0.550. The first-order valence-electron chi connectivity index (χ1n) is 3.51. The van der Waals surface area contributed by atoms with Crippen molar-refractivity contribution in [3.63, 3.8) is 0 Å². The Morgan fingerprint density at radius 1 is 1.80 bits per heavy atom. The molecule has 0 bridgehead atoms. The second-order valence-electron chi connectivity index (χ2n) is 2.54. The third-order valence-electron chi connectivity index (χ3n) is 1.79. The molecule has 0 spiro atoms. The summed E-state index contributed by atoms with van der Waals surface area (Å²) in [6, 6.07) is 0. The lowest BCUT2D eigenvalue weighted by Crippen LogP contribution is -2.16. The molecule has 2 heteroatoms. The summed E-state index contributed by atoms with van der Waals surface area (Å²) < 4.78 is 0. The van der Waals surface area contributed by atoms with Gasteiger partial charge in [-0.3, -0.25) is 4.79 Å². The molecule has 1 N–H and O–H groups in total. The van der Waals surface area contributed by atoms with Gasteiger partial charge in [-0.15, -0.1) is 6.42 Å². The highest BCUT2D eigenvalue weighted by Gasteiger charge is 2.20. The van der Waals surface area contributed by atoms with E-state index in [0.717, 1.165) is 19.5 Å². The van der Waals surface area contributed by atoms with E-state index < -0.39 is 0 Å². The van der Waals surface area contributed by atoms with E-state index in [2.05, 4.69) is 11.2 Å². The van der Waals surface area contributed by atoms with Crippen molar-refractivity contribution >= 4 is 5.78 Å². The molecule has 0 aromatic carbocycles. The zero-order chi connectivity index (χ0) is 7.40. The van der Waals surface area contributed by atoms with Crippen LogP contribution in [0.3, 0.4) is 0 Å². The number of hydrogen-bond donors (Lipinski definition) is 1. The smallest absolute Gasteiger partial charge is 0.149 e. The van der Waals surface area contributed by atoms with Crippen LogP contribution < -0.4 is 5.32 Å². The fourth-order valence-electron chi connectivity index (χ4n) is 1.17. The van der Waals surface area contributed by atoms with E-state index >= 15 is 0 Å². The number of terminal acetylenes is 1. The van der Waals surface area contributed by atoms with Crippen molar-refractivity contribution in [1.82, 2.24) is 5.32 Å². The molecule has 0 aromatic rings. The molecule has 1 heterocycles.